The summed E-state index contributed by atoms with van der Waals surface area (Å²) in [4.78, 5) is 17.4. The van der Waals surface area contributed by atoms with Gasteiger partial charge in [0.15, 0.2) is 0 Å². The Morgan fingerprint density at radius 1 is 0.966 bits per heavy atom. The molecule has 0 bridgehead atoms. The molecular formula is C24H31N3O2. The van der Waals surface area contributed by atoms with Crippen LogP contribution in [0.4, 0.5) is 11.4 Å². The highest BCUT2D eigenvalue weighted by Gasteiger charge is 2.16. The quantitative estimate of drug-likeness (QED) is 0.834. The highest BCUT2D eigenvalue weighted by atomic mass is 16.5. The van der Waals surface area contributed by atoms with Crippen molar-refractivity contribution in [1.29, 1.82) is 0 Å². The summed E-state index contributed by atoms with van der Waals surface area (Å²) in [6.07, 6.45) is 2.57. The summed E-state index contributed by atoms with van der Waals surface area (Å²) in [7, 11) is 0. The molecule has 2 aromatic rings. The van der Waals surface area contributed by atoms with Gasteiger partial charge in [-0.15, -0.1) is 0 Å². The Hall–Kier alpha value is -2.37. The molecule has 0 atom stereocenters. The smallest absolute Gasteiger partial charge is 0.255 e. The molecule has 1 N–H and O–H groups in total. The van der Waals surface area contributed by atoms with Crippen LogP contribution in [0.25, 0.3) is 0 Å². The lowest BCUT2D eigenvalue weighted by molar-refractivity contribution is 0.102. The maximum atomic E-state index is 12.6. The number of ether oxygens (including phenoxy) is 1. The van der Waals surface area contributed by atoms with E-state index in [1.807, 2.05) is 24.3 Å². The van der Waals surface area contributed by atoms with Gasteiger partial charge in [-0.1, -0.05) is 19.1 Å². The van der Waals surface area contributed by atoms with Gasteiger partial charge in [0.05, 0.1) is 13.2 Å². The third-order valence-corrected chi connectivity index (χ3v) is 6.00. The van der Waals surface area contributed by atoms with E-state index in [0.717, 1.165) is 44.5 Å². The molecule has 29 heavy (non-hydrogen) atoms. The second-order valence-corrected chi connectivity index (χ2v) is 8.26. The fourth-order valence-electron chi connectivity index (χ4n) is 4.02. The molecule has 0 aliphatic carbocycles. The molecule has 0 unspecified atom stereocenters. The Balaban J connectivity index is 1.31. The zero-order valence-electron chi connectivity index (χ0n) is 17.3. The largest absolute Gasteiger partial charge is 0.378 e. The van der Waals surface area contributed by atoms with Gasteiger partial charge in [-0.3, -0.25) is 9.69 Å². The molecule has 1 amide bonds. The van der Waals surface area contributed by atoms with Crippen molar-refractivity contribution in [2.24, 2.45) is 5.92 Å². The number of amides is 1. The van der Waals surface area contributed by atoms with Crippen molar-refractivity contribution in [1.82, 2.24) is 4.90 Å². The van der Waals surface area contributed by atoms with Gasteiger partial charge in [-0.05, 0) is 73.8 Å². The number of nitrogens with one attached hydrogen (secondary N) is 1. The van der Waals surface area contributed by atoms with E-state index >= 15 is 0 Å². The number of carbonyl (C=O) groups is 1. The zero-order chi connectivity index (χ0) is 20.1. The predicted octanol–water partition coefficient (Wildman–Crippen LogP) is 4.01. The van der Waals surface area contributed by atoms with Crippen molar-refractivity contribution in [3.8, 4) is 0 Å². The van der Waals surface area contributed by atoms with Gasteiger partial charge in [-0.2, -0.15) is 0 Å². The molecule has 0 saturated carbocycles. The van der Waals surface area contributed by atoms with Crippen LogP contribution < -0.4 is 10.2 Å². The summed E-state index contributed by atoms with van der Waals surface area (Å²) in [5.74, 6) is 0.780. The fraction of sp³-hybridized carbons (Fsp3) is 0.458. The molecule has 0 spiro atoms. The summed E-state index contributed by atoms with van der Waals surface area (Å²) >= 11 is 0. The maximum absolute atomic E-state index is 12.6. The number of morpholine rings is 1. The van der Waals surface area contributed by atoms with Crippen LogP contribution in [0.2, 0.25) is 0 Å². The van der Waals surface area contributed by atoms with Crippen molar-refractivity contribution < 1.29 is 9.53 Å². The van der Waals surface area contributed by atoms with Crippen LogP contribution in [0.3, 0.4) is 0 Å². The molecule has 2 fully saturated rings. The lowest BCUT2D eigenvalue weighted by Gasteiger charge is -2.30. The standard InChI is InChI=1S/C24H31N3O2/c1-19-10-12-26(13-11-19)18-20-2-4-21(5-3-20)24(28)25-22-6-8-23(9-7-22)27-14-16-29-17-15-27/h2-9,19H,10-18H2,1H3,(H,25,28). The summed E-state index contributed by atoms with van der Waals surface area (Å²) in [5, 5.41) is 3.00. The molecule has 0 radical (unpaired) electrons. The average Bonchev–Trinajstić information content (AvgIpc) is 2.77. The van der Waals surface area contributed by atoms with Crippen molar-refractivity contribution >= 4 is 17.3 Å². The molecule has 2 aromatic carbocycles. The summed E-state index contributed by atoms with van der Waals surface area (Å²) in [5.41, 5.74) is 3.95. The molecule has 2 aliphatic rings. The zero-order valence-corrected chi connectivity index (χ0v) is 17.3. The van der Waals surface area contributed by atoms with Crippen molar-refractivity contribution in [2.75, 3.05) is 49.6 Å². The predicted molar refractivity (Wildman–Crippen MR) is 118 cm³/mol. The summed E-state index contributed by atoms with van der Waals surface area (Å²) < 4.78 is 5.40. The van der Waals surface area contributed by atoms with Crippen LogP contribution in [0.15, 0.2) is 48.5 Å². The third kappa shape index (κ3) is 5.37. The lowest BCUT2D eigenvalue weighted by Crippen LogP contribution is -2.36. The van der Waals surface area contributed by atoms with Crippen LogP contribution in [0.1, 0.15) is 35.7 Å². The molecule has 5 nitrogen and oxygen atoms in total. The van der Waals surface area contributed by atoms with E-state index in [9.17, 15) is 4.79 Å². The van der Waals surface area contributed by atoms with Crippen molar-refractivity contribution in [3.63, 3.8) is 0 Å². The molecule has 2 aliphatic heterocycles. The van der Waals surface area contributed by atoms with Crippen molar-refractivity contribution in [3.05, 3.63) is 59.7 Å². The molecule has 2 heterocycles. The normalized spacial score (nSPS) is 18.6. The lowest BCUT2D eigenvalue weighted by atomic mass is 9.99. The monoisotopic (exact) mass is 393 g/mol. The Bertz CT molecular complexity index is 790. The van der Waals surface area contributed by atoms with Crippen LogP contribution in [-0.4, -0.2) is 50.2 Å². The van der Waals surface area contributed by atoms with Gasteiger partial charge in [0.1, 0.15) is 0 Å². The summed E-state index contributed by atoms with van der Waals surface area (Å²) in [6.45, 7) is 9.01. The number of piperidine rings is 1. The van der Waals surface area contributed by atoms with Gasteiger partial charge in [0, 0.05) is 36.6 Å². The number of anilines is 2. The van der Waals surface area contributed by atoms with E-state index in [1.54, 1.807) is 0 Å². The first-order chi connectivity index (χ1) is 14.2. The van der Waals surface area contributed by atoms with Gasteiger partial charge in [-0.25, -0.2) is 0 Å². The first-order valence-corrected chi connectivity index (χ1v) is 10.7. The number of hydrogen-bond donors (Lipinski definition) is 1. The molecular weight excluding hydrogens is 362 g/mol. The third-order valence-electron chi connectivity index (χ3n) is 6.00. The van der Waals surface area contributed by atoms with Crippen LogP contribution in [-0.2, 0) is 11.3 Å². The Morgan fingerprint density at radius 3 is 2.28 bits per heavy atom. The molecule has 154 valence electrons. The maximum Gasteiger partial charge on any atom is 0.255 e. The number of benzene rings is 2. The topological polar surface area (TPSA) is 44.8 Å². The van der Waals surface area contributed by atoms with E-state index < -0.39 is 0 Å². The highest BCUT2D eigenvalue weighted by molar-refractivity contribution is 6.04. The first-order valence-electron chi connectivity index (χ1n) is 10.7. The second kappa shape index (κ2) is 9.42. The highest BCUT2D eigenvalue weighted by Crippen LogP contribution is 2.21. The van der Waals surface area contributed by atoms with E-state index in [-0.39, 0.29) is 5.91 Å². The molecule has 0 aromatic heterocycles. The first kappa shape index (κ1) is 19.9. The van der Waals surface area contributed by atoms with E-state index in [0.29, 0.717) is 5.56 Å². The molecule has 2 saturated heterocycles. The van der Waals surface area contributed by atoms with Crippen LogP contribution >= 0.6 is 0 Å². The molecule has 5 heteroatoms. The number of carbonyl (C=O) groups excluding carboxylic acids is 1. The second-order valence-electron chi connectivity index (χ2n) is 8.26. The van der Waals surface area contributed by atoms with Gasteiger partial charge in [0.2, 0.25) is 0 Å². The van der Waals surface area contributed by atoms with E-state index in [1.165, 1.54) is 37.2 Å². The number of rotatable bonds is 5. The number of likely N-dealkylation sites (tertiary alicyclic amines) is 1. The Morgan fingerprint density at radius 2 is 1.62 bits per heavy atom. The Kier molecular flexibility index (Phi) is 6.47. The SMILES string of the molecule is CC1CCN(Cc2ccc(C(=O)Nc3ccc(N4CCOCC4)cc3)cc2)CC1. The van der Waals surface area contributed by atoms with Gasteiger partial charge in [0.25, 0.3) is 5.91 Å². The number of hydrogen-bond acceptors (Lipinski definition) is 4. The van der Waals surface area contributed by atoms with Gasteiger partial charge >= 0.3 is 0 Å². The van der Waals surface area contributed by atoms with Crippen LogP contribution in [0, 0.1) is 5.92 Å². The minimum absolute atomic E-state index is 0.0672. The minimum atomic E-state index is -0.0672. The summed E-state index contributed by atoms with van der Waals surface area (Å²) in [6, 6.07) is 16.1. The van der Waals surface area contributed by atoms with Gasteiger partial charge < -0.3 is 15.0 Å². The van der Waals surface area contributed by atoms with E-state index in [2.05, 4.69) is 46.3 Å². The van der Waals surface area contributed by atoms with E-state index in [4.69, 9.17) is 4.74 Å². The fourth-order valence-corrected chi connectivity index (χ4v) is 4.02. The number of nitrogens with zero attached hydrogens (tertiary/aromatic N) is 2. The minimum Gasteiger partial charge on any atom is -0.378 e. The van der Waals surface area contributed by atoms with Crippen molar-refractivity contribution in [2.45, 2.75) is 26.3 Å². The molecule has 4 rings (SSSR count). The van der Waals surface area contributed by atoms with Crippen LogP contribution in [0.5, 0.6) is 0 Å². The average molecular weight is 394 g/mol. The Labute approximate surface area is 173 Å².